The van der Waals surface area contributed by atoms with Crippen molar-refractivity contribution in [3.05, 3.63) is 77.4 Å². The number of carbonyl (C=O) groups excluding carboxylic acids is 2. The van der Waals surface area contributed by atoms with E-state index in [4.69, 9.17) is 9.26 Å². The molecule has 0 fully saturated rings. The molecule has 8 heteroatoms. The van der Waals surface area contributed by atoms with Crippen LogP contribution in [0, 0.1) is 5.41 Å². The Bertz CT molecular complexity index is 1040. The smallest absolute Gasteiger partial charge is 0.273 e. The van der Waals surface area contributed by atoms with Crippen LogP contribution in [0.1, 0.15) is 48.1 Å². The van der Waals surface area contributed by atoms with E-state index in [1.54, 1.807) is 30.5 Å². The fourth-order valence-corrected chi connectivity index (χ4v) is 3.08. The standard InChI is InChI=1S/C24H28N4O4/c1-24(2,3)23(30)28(15-18-6-5-11-25-13-18)16-20-12-21(27-32-20)22(29)26-14-17-7-9-19(31-4)10-8-17/h5-13H,14-16H2,1-4H3,(H,26,29). The molecule has 0 radical (unpaired) electrons. The van der Waals surface area contributed by atoms with Crippen molar-refractivity contribution in [1.29, 1.82) is 0 Å². The van der Waals surface area contributed by atoms with Gasteiger partial charge in [0.15, 0.2) is 11.5 Å². The van der Waals surface area contributed by atoms with Gasteiger partial charge in [-0.25, -0.2) is 0 Å². The maximum atomic E-state index is 13.0. The first kappa shape index (κ1) is 23.0. The number of pyridine rings is 1. The molecular weight excluding hydrogens is 408 g/mol. The molecule has 0 aliphatic heterocycles. The van der Waals surface area contributed by atoms with E-state index in [-0.39, 0.29) is 24.1 Å². The summed E-state index contributed by atoms with van der Waals surface area (Å²) in [5.41, 5.74) is 1.43. The molecule has 168 valence electrons. The summed E-state index contributed by atoms with van der Waals surface area (Å²) >= 11 is 0. The summed E-state index contributed by atoms with van der Waals surface area (Å²) in [5.74, 6) is 0.794. The number of amides is 2. The lowest BCUT2D eigenvalue weighted by Gasteiger charge is -2.28. The molecule has 0 aliphatic rings. The van der Waals surface area contributed by atoms with Crippen LogP contribution in [0.3, 0.4) is 0 Å². The number of nitrogens with zero attached hydrogens (tertiary/aromatic N) is 3. The zero-order chi connectivity index (χ0) is 23.1. The fourth-order valence-electron chi connectivity index (χ4n) is 3.08. The average Bonchev–Trinajstić information content (AvgIpc) is 3.25. The molecule has 0 saturated heterocycles. The Labute approximate surface area is 187 Å². The topological polar surface area (TPSA) is 97.6 Å². The first-order valence-corrected chi connectivity index (χ1v) is 10.3. The van der Waals surface area contributed by atoms with Crippen molar-refractivity contribution in [3.63, 3.8) is 0 Å². The van der Waals surface area contributed by atoms with E-state index in [9.17, 15) is 9.59 Å². The monoisotopic (exact) mass is 436 g/mol. The molecule has 8 nitrogen and oxygen atoms in total. The summed E-state index contributed by atoms with van der Waals surface area (Å²) in [4.78, 5) is 31.2. The largest absolute Gasteiger partial charge is 0.497 e. The van der Waals surface area contributed by atoms with E-state index >= 15 is 0 Å². The van der Waals surface area contributed by atoms with Crippen LogP contribution < -0.4 is 10.1 Å². The maximum absolute atomic E-state index is 13.0. The zero-order valence-corrected chi connectivity index (χ0v) is 18.8. The van der Waals surface area contributed by atoms with Gasteiger partial charge in [0.2, 0.25) is 5.91 Å². The van der Waals surface area contributed by atoms with Gasteiger partial charge in [-0.15, -0.1) is 0 Å². The van der Waals surface area contributed by atoms with Crippen molar-refractivity contribution >= 4 is 11.8 Å². The second-order valence-corrected chi connectivity index (χ2v) is 8.48. The van der Waals surface area contributed by atoms with Crippen molar-refractivity contribution in [2.45, 2.75) is 40.4 Å². The van der Waals surface area contributed by atoms with Crippen molar-refractivity contribution in [2.24, 2.45) is 5.41 Å². The third kappa shape index (κ3) is 6.16. The number of carbonyl (C=O) groups is 2. The van der Waals surface area contributed by atoms with Gasteiger partial charge in [0, 0.05) is 37.0 Å². The van der Waals surface area contributed by atoms with Gasteiger partial charge in [0.25, 0.3) is 5.91 Å². The minimum atomic E-state index is -0.569. The molecule has 1 aromatic carbocycles. The summed E-state index contributed by atoms with van der Waals surface area (Å²) < 4.78 is 10.5. The Morgan fingerprint density at radius 3 is 2.47 bits per heavy atom. The number of hydrogen-bond acceptors (Lipinski definition) is 6. The Hall–Kier alpha value is -3.68. The highest BCUT2D eigenvalue weighted by atomic mass is 16.5. The van der Waals surface area contributed by atoms with E-state index in [1.807, 2.05) is 57.2 Å². The maximum Gasteiger partial charge on any atom is 0.273 e. The van der Waals surface area contributed by atoms with Gasteiger partial charge >= 0.3 is 0 Å². The van der Waals surface area contributed by atoms with Crippen LogP contribution in [0.4, 0.5) is 0 Å². The van der Waals surface area contributed by atoms with E-state index in [0.29, 0.717) is 18.8 Å². The summed E-state index contributed by atoms with van der Waals surface area (Å²) in [6.07, 6.45) is 3.41. The van der Waals surface area contributed by atoms with Crippen LogP contribution in [0.5, 0.6) is 5.75 Å². The molecule has 1 N–H and O–H groups in total. The van der Waals surface area contributed by atoms with Gasteiger partial charge in [-0.2, -0.15) is 0 Å². The van der Waals surface area contributed by atoms with Gasteiger partial charge in [0.05, 0.1) is 13.7 Å². The van der Waals surface area contributed by atoms with Gasteiger partial charge in [-0.3, -0.25) is 14.6 Å². The van der Waals surface area contributed by atoms with Crippen LogP contribution in [-0.4, -0.2) is 34.0 Å². The third-order valence-corrected chi connectivity index (χ3v) is 4.78. The SMILES string of the molecule is COc1ccc(CNC(=O)c2cc(CN(Cc3cccnc3)C(=O)C(C)(C)C)on2)cc1. The number of nitrogens with one attached hydrogen (secondary N) is 1. The molecular formula is C24H28N4O4. The molecule has 32 heavy (non-hydrogen) atoms. The molecule has 0 atom stereocenters. The summed E-state index contributed by atoms with van der Waals surface area (Å²) in [6.45, 7) is 6.52. The minimum absolute atomic E-state index is 0.0386. The highest BCUT2D eigenvalue weighted by Gasteiger charge is 2.28. The lowest BCUT2D eigenvalue weighted by atomic mass is 9.94. The molecule has 3 rings (SSSR count). The number of rotatable bonds is 8. The third-order valence-electron chi connectivity index (χ3n) is 4.78. The summed E-state index contributed by atoms with van der Waals surface area (Å²) in [5, 5.41) is 6.70. The summed E-state index contributed by atoms with van der Waals surface area (Å²) in [7, 11) is 1.60. The number of aromatic nitrogens is 2. The van der Waals surface area contributed by atoms with Crippen molar-refractivity contribution < 1.29 is 18.8 Å². The van der Waals surface area contributed by atoms with Gasteiger partial charge in [-0.05, 0) is 29.3 Å². The van der Waals surface area contributed by atoms with E-state index in [2.05, 4.69) is 15.5 Å². The predicted octanol–water partition coefficient (Wildman–Crippen LogP) is 3.58. The van der Waals surface area contributed by atoms with E-state index in [1.165, 1.54) is 0 Å². The van der Waals surface area contributed by atoms with Gasteiger partial charge < -0.3 is 19.5 Å². The molecule has 0 saturated carbocycles. The second kappa shape index (κ2) is 10.1. The molecule has 3 aromatic rings. The molecule has 2 heterocycles. The number of ether oxygens (including phenoxy) is 1. The molecule has 0 aliphatic carbocycles. The predicted molar refractivity (Wildman–Crippen MR) is 119 cm³/mol. The first-order valence-electron chi connectivity index (χ1n) is 10.3. The Balaban J connectivity index is 1.65. The van der Waals surface area contributed by atoms with E-state index < -0.39 is 5.41 Å². The van der Waals surface area contributed by atoms with Crippen molar-refractivity contribution in [3.8, 4) is 5.75 Å². The Kier molecular flexibility index (Phi) is 7.25. The van der Waals surface area contributed by atoms with Crippen molar-refractivity contribution in [1.82, 2.24) is 20.4 Å². The summed E-state index contributed by atoms with van der Waals surface area (Å²) in [6, 6.07) is 12.7. The highest BCUT2D eigenvalue weighted by molar-refractivity contribution is 5.92. The molecule has 0 unspecified atom stereocenters. The lowest BCUT2D eigenvalue weighted by Crippen LogP contribution is -2.38. The van der Waals surface area contributed by atoms with Crippen molar-refractivity contribution in [2.75, 3.05) is 7.11 Å². The molecule has 0 spiro atoms. The van der Waals surface area contributed by atoms with Crippen LogP contribution >= 0.6 is 0 Å². The molecule has 0 bridgehead atoms. The fraction of sp³-hybridized carbons (Fsp3) is 0.333. The molecule has 2 aromatic heterocycles. The Morgan fingerprint density at radius 2 is 1.84 bits per heavy atom. The zero-order valence-electron chi connectivity index (χ0n) is 18.8. The van der Waals surface area contributed by atoms with Crippen LogP contribution in [0.2, 0.25) is 0 Å². The first-order chi connectivity index (χ1) is 15.3. The number of methoxy groups -OCH3 is 1. The Morgan fingerprint density at radius 1 is 1.09 bits per heavy atom. The average molecular weight is 437 g/mol. The van der Waals surface area contributed by atoms with Gasteiger partial charge in [0.1, 0.15) is 5.75 Å². The second-order valence-electron chi connectivity index (χ2n) is 8.48. The quantitative estimate of drug-likeness (QED) is 0.580. The van der Waals surface area contributed by atoms with Gasteiger partial charge in [-0.1, -0.05) is 44.1 Å². The van der Waals surface area contributed by atoms with E-state index in [0.717, 1.165) is 16.9 Å². The van der Waals surface area contributed by atoms with Crippen LogP contribution in [-0.2, 0) is 24.4 Å². The highest BCUT2D eigenvalue weighted by Crippen LogP contribution is 2.21. The van der Waals surface area contributed by atoms with Crippen LogP contribution in [0.15, 0.2) is 59.4 Å². The number of hydrogen-bond donors (Lipinski definition) is 1. The normalized spacial score (nSPS) is 11.1. The molecule has 2 amide bonds. The minimum Gasteiger partial charge on any atom is -0.497 e. The number of benzene rings is 1. The lowest BCUT2D eigenvalue weighted by molar-refractivity contribution is -0.141. The van der Waals surface area contributed by atoms with Crippen LogP contribution in [0.25, 0.3) is 0 Å².